The zero-order valence-corrected chi connectivity index (χ0v) is 9.21. The van der Waals surface area contributed by atoms with E-state index in [4.69, 9.17) is 0 Å². The molecule has 0 atom stereocenters. The first kappa shape index (κ1) is 11.1. The van der Waals surface area contributed by atoms with Gasteiger partial charge in [0.05, 0.1) is 18.0 Å². The van der Waals surface area contributed by atoms with Gasteiger partial charge >= 0.3 is 0 Å². The van der Waals surface area contributed by atoms with Crippen LogP contribution in [0.5, 0.6) is 5.75 Å². The van der Waals surface area contributed by atoms with Crippen LogP contribution < -0.4 is 5.32 Å². The maximum absolute atomic E-state index is 11.8. The highest BCUT2D eigenvalue weighted by molar-refractivity contribution is 6.04. The van der Waals surface area contributed by atoms with E-state index in [-0.39, 0.29) is 11.7 Å². The second-order valence-corrected chi connectivity index (χ2v) is 3.53. The second kappa shape index (κ2) is 4.61. The molecule has 0 fully saturated rings. The Morgan fingerprint density at radius 3 is 2.82 bits per heavy atom. The molecule has 1 amide bonds. The summed E-state index contributed by atoms with van der Waals surface area (Å²) in [6.45, 7) is 1.73. The molecule has 0 aliphatic rings. The number of hydrogen-bond acceptors (Lipinski definition) is 4. The van der Waals surface area contributed by atoms with Crippen molar-refractivity contribution in [3.63, 3.8) is 0 Å². The highest BCUT2D eigenvalue weighted by Gasteiger charge is 2.09. The van der Waals surface area contributed by atoms with Gasteiger partial charge in [0.1, 0.15) is 5.75 Å². The van der Waals surface area contributed by atoms with Gasteiger partial charge < -0.3 is 10.4 Å². The van der Waals surface area contributed by atoms with Gasteiger partial charge in [0.2, 0.25) is 0 Å². The molecule has 2 rings (SSSR count). The highest BCUT2D eigenvalue weighted by Crippen LogP contribution is 2.24. The van der Waals surface area contributed by atoms with Crippen LogP contribution in [0.2, 0.25) is 0 Å². The largest absolute Gasteiger partial charge is 0.508 e. The number of aromatic nitrogens is 2. The summed E-state index contributed by atoms with van der Waals surface area (Å²) in [6.07, 6.45) is 2.83. The first-order chi connectivity index (χ1) is 8.18. The predicted octanol–water partition coefficient (Wildman–Crippen LogP) is 1.74. The SMILES string of the molecule is Cc1c(O)cccc1NC(=O)c1ccnnc1. The lowest BCUT2D eigenvalue weighted by molar-refractivity contribution is 0.102. The zero-order chi connectivity index (χ0) is 12.3. The van der Waals surface area contributed by atoms with Crippen LogP contribution in [0, 0.1) is 6.92 Å². The normalized spacial score (nSPS) is 9.94. The third-order valence-electron chi connectivity index (χ3n) is 2.40. The lowest BCUT2D eigenvalue weighted by Gasteiger charge is -2.08. The van der Waals surface area contributed by atoms with E-state index in [1.165, 1.54) is 12.4 Å². The van der Waals surface area contributed by atoms with Crippen molar-refractivity contribution in [1.29, 1.82) is 0 Å². The van der Waals surface area contributed by atoms with Crippen molar-refractivity contribution in [1.82, 2.24) is 10.2 Å². The summed E-state index contributed by atoms with van der Waals surface area (Å²) in [5.41, 5.74) is 1.62. The number of carbonyl (C=O) groups is 1. The lowest BCUT2D eigenvalue weighted by atomic mass is 10.1. The fourth-order valence-corrected chi connectivity index (χ4v) is 1.38. The average Bonchev–Trinajstić information content (AvgIpc) is 2.36. The molecule has 0 aliphatic carbocycles. The molecule has 17 heavy (non-hydrogen) atoms. The maximum Gasteiger partial charge on any atom is 0.257 e. The fraction of sp³-hybridized carbons (Fsp3) is 0.0833. The van der Waals surface area contributed by atoms with Crippen molar-refractivity contribution in [3.05, 3.63) is 47.8 Å². The van der Waals surface area contributed by atoms with Gasteiger partial charge in [0.15, 0.2) is 0 Å². The van der Waals surface area contributed by atoms with Gasteiger partial charge in [-0.1, -0.05) is 6.07 Å². The third kappa shape index (κ3) is 2.39. The molecule has 5 nitrogen and oxygen atoms in total. The molecule has 2 aromatic rings. The summed E-state index contributed by atoms with van der Waals surface area (Å²) in [5.74, 6) is -0.135. The number of carbonyl (C=O) groups excluding carboxylic acids is 1. The number of anilines is 1. The fourth-order valence-electron chi connectivity index (χ4n) is 1.38. The van der Waals surface area contributed by atoms with Crippen LogP contribution in [0.4, 0.5) is 5.69 Å². The van der Waals surface area contributed by atoms with Gasteiger partial charge in [-0.05, 0) is 25.1 Å². The first-order valence-electron chi connectivity index (χ1n) is 5.05. The Morgan fingerprint density at radius 2 is 2.12 bits per heavy atom. The Kier molecular flexibility index (Phi) is 3.00. The number of aromatic hydroxyl groups is 1. The van der Waals surface area contributed by atoms with Crippen molar-refractivity contribution >= 4 is 11.6 Å². The maximum atomic E-state index is 11.8. The van der Waals surface area contributed by atoms with E-state index in [2.05, 4.69) is 15.5 Å². The minimum Gasteiger partial charge on any atom is -0.508 e. The standard InChI is InChI=1S/C12H11N3O2/c1-8-10(3-2-4-11(8)16)15-12(17)9-5-6-13-14-7-9/h2-7,16H,1H3,(H,15,17). The molecule has 0 unspecified atom stereocenters. The summed E-state index contributed by atoms with van der Waals surface area (Å²) in [4.78, 5) is 11.8. The van der Waals surface area contributed by atoms with Crippen LogP contribution in [0.25, 0.3) is 0 Å². The molecule has 1 aromatic heterocycles. The summed E-state index contributed by atoms with van der Waals surface area (Å²) in [5, 5.41) is 19.4. The molecule has 0 saturated carbocycles. The zero-order valence-electron chi connectivity index (χ0n) is 9.21. The van der Waals surface area contributed by atoms with Gasteiger partial charge in [0, 0.05) is 11.3 Å². The molecule has 0 radical (unpaired) electrons. The first-order valence-corrected chi connectivity index (χ1v) is 5.05. The molecule has 1 aromatic carbocycles. The van der Waals surface area contributed by atoms with E-state index in [9.17, 15) is 9.90 Å². The van der Waals surface area contributed by atoms with E-state index >= 15 is 0 Å². The molecule has 0 saturated heterocycles. The van der Waals surface area contributed by atoms with Gasteiger partial charge in [-0.25, -0.2) is 0 Å². The highest BCUT2D eigenvalue weighted by atomic mass is 16.3. The van der Waals surface area contributed by atoms with E-state index < -0.39 is 0 Å². The molecule has 0 spiro atoms. The Morgan fingerprint density at radius 1 is 1.29 bits per heavy atom. The number of nitrogens with zero attached hydrogens (tertiary/aromatic N) is 2. The summed E-state index contributed by atoms with van der Waals surface area (Å²) in [6, 6.07) is 6.53. The van der Waals surface area contributed by atoms with Gasteiger partial charge in [0.25, 0.3) is 5.91 Å². The Labute approximate surface area is 98.1 Å². The van der Waals surface area contributed by atoms with Gasteiger partial charge in [-0.3, -0.25) is 4.79 Å². The van der Waals surface area contributed by atoms with Crippen LogP contribution in [0.15, 0.2) is 36.7 Å². The minimum absolute atomic E-state index is 0.149. The average molecular weight is 229 g/mol. The second-order valence-electron chi connectivity index (χ2n) is 3.53. The van der Waals surface area contributed by atoms with Crippen molar-refractivity contribution < 1.29 is 9.90 Å². The lowest BCUT2D eigenvalue weighted by Crippen LogP contribution is -2.13. The Balaban J connectivity index is 2.22. The summed E-state index contributed by atoms with van der Waals surface area (Å²) < 4.78 is 0. The monoisotopic (exact) mass is 229 g/mol. The van der Waals surface area contributed by atoms with E-state index in [1.54, 1.807) is 31.2 Å². The van der Waals surface area contributed by atoms with Crippen LogP contribution in [-0.2, 0) is 0 Å². The molecule has 0 aliphatic heterocycles. The molecule has 2 N–H and O–H groups in total. The van der Waals surface area contributed by atoms with Gasteiger partial charge in [-0.15, -0.1) is 0 Å². The van der Waals surface area contributed by atoms with Gasteiger partial charge in [-0.2, -0.15) is 10.2 Å². The number of benzene rings is 1. The van der Waals surface area contributed by atoms with E-state index in [0.717, 1.165) is 0 Å². The quantitative estimate of drug-likeness (QED) is 0.822. The predicted molar refractivity (Wildman–Crippen MR) is 62.8 cm³/mol. The number of phenols is 1. The van der Waals surface area contributed by atoms with Crippen molar-refractivity contribution in [2.75, 3.05) is 5.32 Å². The van der Waals surface area contributed by atoms with Crippen molar-refractivity contribution in [3.8, 4) is 5.75 Å². The number of nitrogens with one attached hydrogen (secondary N) is 1. The smallest absolute Gasteiger partial charge is 0.257 e. The molecule has 86 valence electrons. The minimum atomic E-state index is -0.284. The van der Waals surface area contributed by atoms with E-state index in [0.29, 0.717) is 16.8 Å². The Bertz CT molecular complexity index is 541. The van der Waals surface area contributed by atoms with Crippen molar-refractivity contribution in [2.45, 2.75) is 6.92 Å². The Hall–Kier alpha value is -2.43. The summed E-state index contributed by atoms with van der Waals surface area (Å²) >= 11 is 0. The molecular formula is C12H11N3O2. The van der Waals surface area contributed by atoms with Crippen LogP contribution in [-0.4, -0.2) is 21.2 Å². The molecule has 0 bridgehead atoms. The topological polar surface area (TPSA) is 75.1 Å². The molecule has 1 heterocycles. The van der Waals surface area contributed by atoms with Crippen LogP contribution in [0.1, 0.15) is 15.9 Å². The number of phenolic OH excluding ortho intramolecular Hbond substituents is 1. The third-order valence-corrected chi connectivity index (χ3v) is 2.40. The van der Waals surface area contributed by atoms with Crippen LogP contribution >= 0.6 is 0 Å². The molecular weight excluding hydrogens is 218 g/mol. The van der Waals surface area contributed by atoms with Crippen LogP contribution in [0.3, 0.4) is 0 Å². The van der Waals surface area contributed by atoms with E-state index in [1.807, 2.05) is 0 Å². The number of hydrogen-bond donors (Lipinski definition) is 2. The number of amides is 1. The number of rotatable bonds is 2. The van der Waals surface area contributed by atoms with Crippen molar-refractivity contribution in [2.24, 2.45) is 0 Å². The summed E-state index contributed by atoms with van der Waals surface area (Å²) in [7, 11) is 0. The molecule has 5 heteroatoms.